The number of rotatable bonds is 6. The molecule has 0 amide bonds. The smallest absolute Gasteiger partial charge is 0.338 e. The van der Waals surface area contributed by atoms with E-state index in [-0.39, 0.29) is 5.92 Å². The van der Waals surface area contributed by atoms with Gasteiger partial charge in [0.1, 0.15) is 0 Å². The third kappa shape index (κ3) is 6.46. The Morgan fingerprint density at radius 1 is 1.00 bits per heavy atom. The molecule has 0 aromatic heterocycles. The molecule has 1 saturated carbocycles. The second-order valence-corrected chi connectivity index (χ2v) is 8.19. The lowest BCUT2D eigenvalue weighted by Gasteiger charge is -2.27. The summed E-state index contributed by atoms with van der Waals surface area (Å²) in [6.45, 7) is 6.04. The zero-order chi connectivity index (χ0) is 23.1. The molecule has 0 spiro atoms. The van der Waals surface area contributed by atoms with Crippen molar-refractivity contribution >= 4 is 0 Å². The number of halogens is 4. The summed E-state index contributed by atoms with van der Waals surface area (Å²) >= 11 is 0. The molecular formula is C27H28F4O. The van der Waals surface area contributed by atoms with Gasteiger partial charge in [-0.3, -0.25) is 0 Å². The van der Waals surface area contributed by atoms with Crippen LogP contribution in [0.4, 0.5) is 17.6 Å². The third-order valence-electron chi connectivity index (χ3n) is 5.95. The summed E-state index contributed by atoms with van der Waals surface area (Å²) in [5.41, 5.74) is 4.39. The average molecular weight is 445 g/mol. The van der Waals surface area contributed by atoms with Gasteiger partial charge >= 0.3 is 6.18 Å². The van der Waals surface area contributed by atoms with Crippen LogP contribution in [0.25, 0.3) is 11.1 Å². The van der Waals surface area contributed by atoms with Crippen LogP contribution in [0.2, 0.25) is 0 Å². The summed E-state index contributed by atoms with van der Waals surface area (Å²) in [5, 5.41) is 0. The van der Waals surface area contributed by atoms with Gasteiger partial charge in [0.2, 0.25) is 0 Å². The van der Waals surface area contributed by atoms with Gasteiger partial charge in [-0.15, -0.1) is 6.58 Å². The minimum Gasteiger partial charge on any atom is -0.338 e. The molecule has 0 aliphatic heterocycles. The molecule has 1 fully saturated rings. The number of ether oxygens (including phenoxy) is 1. The lowest BCUT2D eigenvalue weighted by Crippen LogP contribution is -2.33. The molecule has 0 heterocycles. The van der Waals surface area contributed by atoms with Crippen molar-refractivity contribution in [1.82, 2.24) is 0 Å². The predicted molar refractivity (Wildman–Crippen MR) is 120 cm³/mol. The molecule has 3 rings (SSSR count). The minimum atomic E-state index is -4.96. The first-order valence-corrected chi connectivity index (χ1v) is 11.0. The van der Waals surface area contributed by atoms with Crippen LogP contribution >= 0.6 is 0 Å². The minimum absolute atomic E-state index is 0.0855. The van der Waals surface area contributed by atoms with E-state index in [1.54, 1.807) is 0 Å². The Kier molecular flexibility index (Phi) is 8.15. The number of hydrogen-bond acceptors (Lipinski definition) is 1. The van der Waals surface area contributed by atoms with Crippen molar-refractivity contribution in [1.29, 1.82) is 0 Å². The third-order valence-corrected chi connectivity index (χ3v) is 5.95. The molecule has 2 aromatic rings. The largest absolute Gasteiger partial charge is 0.445 e. The van der Waals surface area contributed by atoms with E-state index in [2.05, 4.69) is 54.3 Å². The maximum absolute atomic E-state index is 13.0. The van der Waals surface area contributed by atoms with Crippen LogP contribution in [0.15, 0.2) is 61.2 Å². The highest BCUT2D eigenvalue weighted by Crippen LogP contribution is 2.31. The Hall–Kier alpha value is -2.58. The van der Waals surface area contributed by atoms with Crippen LogP contribution in [0.5, 0.6) is 0 Å². The van der Waals surface area contributed by atoms with Crippen molar-refractivity contribution in [3.05, 3.63) is 72.3 Å². The first-order chi connectivity index (χ1) is 15.3. The lowest BCUT2D eigenvalue weighted by molar-refractivity contribution is -0.279. The molecule has 1 aliphatic rings. The first-order valence-electron chi connectivity index (χ1n) is 11.0. The number of allylic oxidation sites excluding steroid dienone is 1. The molecule has 0 saturated heterocycles. The highest BCUT2D eigenvalue weighted by Gasteiger charge is 2.43. The Labute approximate surface area is 187 Å². The van der Waals surface area contributed by atoms with Gasteiger partial charge in [0.05, 0.1) is 6.10 Å². The molecule has 2 aromatic carbocycles. The summed E-state index contributed by atoms with van der Waals surface area (Å²) < 4.78 is 54.4. The lowest BCUT2D eigenvalue weighted by atomic mass is 9.87. The quantitative estimate of drug-likeness (QED) is 0.251. The standard InChI is InChI=1S/C27H28F4O/c1-3-21(4-2)22-13-15-24(16-14-22)23-11-7-19(8-12-23)5-6-20-9-17-25(18-10-20)32-26(28)27(29,30)31/h3,7-8,11-16,20-21,25-26H,1,4,9-10,17-18H2,2H3. The van der Waals surface area contributed by atoms with Gasteiger partial charge in [0.15, 0.2) is 0 Å². The zero-order valence-electron chi connectivity index (χ0n) is 18.2. The van der Waals surface area contributed by atoms with Crippen LogP contribution in [0.3, 0.4) is 0 Å². The summed E-state index contributed by atoms with van der Waals surface area (Å²) in [4.78, 5) is 0. The van der Waals surface area contributed by atoms with Crippen molar-refractivity contribution in [3.8, 4) is 23.0 Å². The van der Waals surface area contributed by atoms with Crippen molar-refractivity contribution in [3.63, 3.8) is 0 Å². The molecular weight excluding hydrogens is 416 g/mol. The summed E-state index contributed by atoms with van der Waals surface area (Å²) in [6, 6.07) is 16.5. The highest BCUT2D eigenvalue weighted by molar-refractivity contribution is 5.64. The van der Waals surface area contributed by atoms with Gasteiger partial charge in [0.25, 0.3) is 6.36 Å². The second-order valence-electron chi connectivity index (χ2n) is 8.19. The topological polar surface area (TPSA) is 9.23 Å². The Balaban J connectivity index is 1.54. The van der Waals surface area contributed by atoms with Gasteiger partial charge in [-0.25, -0.2) is 4.39 Å². The van der Waals surface area contributed by atoms with E-state index in [9.17, 15) is 17.6 Å². The highest BCUT2D eigenvalue weighted by atomic mass is 19.4. The Morgan fingerprint density at radius 2 is 1.56 bits per heavy atom. The molecule has 2 atom stereocenters. The van der Waals surface area contributed by atoms with Gasteiger partial charge in [-0.05, 0) is 60.9 Å². The van der Waals surface area contributed by atoms with E-state index >= 15 is 0 Å². The van der Waals surface area contributed by atoms with E-state index in [0.29, 0.717) is 31.6 Å². The molecule has 1 aliphatic carbocycles. The zero-order valence-corrected chi connectivity index (χ0v) is 18.2. The molecule has 0 bridgehead atoms. The summed E-state index contributed by atoms with van der Waals surface area (Å²) in [6.07, 6.45) is -3.89. The van der Waals surface area contributed by atoms with Crippen LogP contribution < -0.4 is 0 Å². The van der Waals surface area contributed by atoms with Crippen molar-refractivity contribution in [2.24, 2.45) is 5.92 Å². The maximum Gasteiger partial charge on any atom is 0.445 e. The normalized spacial score (nSPS) is 20.7. The van der Waals surface area contributed by atoms with Crippen LogP contribution in [-0.2, 0) is 4.74 Å². The fraction of sp³-hybridized carbons (Fsp3) is 0.407. The van der Waals surface area contributed by atoms with E-state index < -0.39 is 18.6 Å². The molecule has 2 unspecified atom stereocenters. The number of hydrogen-bond donors (Lipinski definition) is 0. The molecule has 1 nitrogen and oxygen atoms in total. The SMILES string of the molecule is C=CC(CC)c1ccc(-c2ccc(C#CC3CCC(OC(F)C(F)(F)F)CC3)cc2)cc1. The maximum atomic E-state index is 13.0. The summed E-state index contributed by atoms with van der Waals surface area (Å²) in [5.74, 6) is 6.81. The fourth-order valence-electron chi connectivity index (χ4n) is 3.98. The summed E-state index contributed by atoms with van der Waals surface area (Å²) in [7, 11) is 0. The number of alkyl halides is 4. The monoisotopic (exact) mass is 444 g/mol. The van der Waals surface area contributed by atoms with Crippen LogP contribution in [0.1, 0.15) is 56.1 Å². The second kappa shape index (κ2) is 10.8. The van der Waals surface area contributed by atoms with Crippen molar-refractivity contribution < 1.29 is 22.3 Å². The van der Waals surface area contributed by atoms with Gasteiger partial charge in [-0.1, -0.05) is 61.2 Å². The van der Waals surface area contributed by atoms with Crippen LogP contribution in [0, 0.1) is 17.8 Å². The molecule has 0 radical (unpaired) electrons. The fourth-order valence-corrected chi connectivity index (χ4v) is 3.98. The van der Waals surface area contributed by atoms with E-state index in [4.69, 9.17) is 0 Å². The van der Waals surface area contributed by atoms with E-state index in [0.717, 1.165) is 23.1 Å². The van der Waals surface area contributed by atoms with Crippen molar-refractivity contribution in [2.45, 2.75) is 63.6 Å². The molecule has 5 heteroatoms. The first kappa shape index (κ1) is 24.1. The predicted octanol–water partition coefficient (Wildman–Crippen LogP) is 7.82. The Morgan fingerprint density at radius 3 is 2.06 bits per heavy atom. The van der Waals surface area contributed by atoms with E-state index in [1.807, 2.05) is 30.3 Å². The van der Waals surface area contributed by atoms with Gasteiger partial charge in [0, 0.05) is 17.4 Å². The van der Waals surface area contributed by atoms with Crippen molar-refractivity contribution in [2.75, 3.05) is 0 Å². The Bertz CT molecular complexity index is 927. The molecule has 0 N–H and O–H groups in total. The van der Waals surface area contributed by atoms with Gasteiger partial charge in [-0.2, -0.15) is 13.2 Å². The van der Waals surface area contributed by atoms with E-state index in [1.165, 1.54) is 5.56 Å². The number of benzene rings is 2. The van der Waals surface area contributed by atoms with Crippen LogP contribution in [-0.4, -0.2) is 18.6 Å². The average Bonchev–Trinajstić information content (AvgIpc) is 2.80. The molecule has 170 valence electrons. The molecule has 32 heavy (non-hydrogen) atoms. The van der Waals surface area contributed by atoms with Gasteiger partial charge < -0.3 is 4.74 Å².